The van der Waals surface area contributed by atoms with E-state index in [2.05, 4.69) is 5.32 Å². The molecule has 0 unspecified atom stereocenters. The molecule has 1 aromatic carbocycles. The monoisotopic (exact) mass is 277 g/mol. The first-order chi connectivity index (χ1) is 9.30. The van der Waals surface area contributed by atoms with E-state index < -0.39 is 6.10 Å². The van der Waals surface area contributed by atoms with Gasteiger partial charge in [-0.3, -0.25) is 9.59 Å². The first kappa shape index (κ1) is 14.4. The standard InChI is InChI=1S/C15H19NO4/c1-15(2,3)8-12(17)20-13-10-6-5-9(19-4)7-11(10)16-14(13)18/h5-7,13H,8H2,1-4H3,(H,16,18)/t13-/m1/s1. The van der Waals surface area contributed by atoms with Gasteiger partial charge in [-0.15, -0.1) is 0 Å². The molecule has 1 atom stereocenters. The van der Waals surface area contributed by atoms with Crippen molar-refractivity contribution in [2.24, 2.45) is 5.41 Å². The summed E-state index contributed by atoms with van der Waals surface area (Å²) in [7, 11) is 1.55. The zero-order valence-corrected chi connectivity index (χ0v) is 12.1. The summed E-state index contributed by atoms with van der Waals surface area (Å²) in [5.41, 5.74) is 1.12. The van der Waals surface area contributed by atoms with Gasteiger partial charge in [0, 0.05) is 11.6 Å². The van der Waals surface area contributed by atoms with Crippen LogP contribution in [0.2, 0.25) is 0 Å². The lowest BCUT2D eigenvalue weighted by molar-refractivity contribution is -0.155. The number of anilines is 1. The number of carbonyl (C=O) groups excluding carboxylic acids is 2. The Morgan fingerprint density at radius 1 is 1.35 bits per heavy atom. The molecule has 1 aliphatic rings. The molecule has 0 aliphatic carbocycles. The second-order valence-electron chi connectivity index (χ2n) is 6.05. The third-order valence-corrected chi connectivity index (χ3v) is 2.96. The molecule has 0 spiro atoms. The minimum atomic E-state index is -0.870. The molecule has 2 rings (SSSR count). The van der Waals surface area contributed by atoms with Gasteiger partial charge in [-0.05, 0) is 17.5 Å². The van der Waals surface area contributed by atoms with Crippen LogP contribution >= 0.6 is 0 Å². The predicted octanol–water partition coefficient (Wildman–Crippen LogP) is 2.67. The number of fused-ring (bicyclic) bond motifs is 1. The quantitative estimate of drug-likeness (QED) is 0.863. The second-order valence-corrected chi connectivity index (χ2v) is 6.05. The molecule has 1 aromatic rings. The van der Waals surface area contributed by atoms with E-state index in [1.165, 1.54) is 0 Å². The van der Waals surface area contributed by atoms with Crippen LogP contribution in [-0.4, -0.2) is 19.0 Å². The maximum absolute atomic E-state index is 11.9. The lowest BCUT2D eigenvalue weighted by atomic mass is 9.92. The van der Waals surface area contributed by atoms with Gasteiger partial charge >= 0.3 is 5.97 Å². The van der Waals surface area contributed by atoms with Gasteiger partial charge in [0.05, 0.1) is 19.2 Å². The van der Waals surface area contributed by atoms with Crippen molar-refractivity contribution >= 4 is 17.6 Å². The van der Waals surface area contributed by atoms with Gasteiger partial charge in [-0.1, -0.05) is 20.8 Å². The Balaban J connectivity index is 2.15. The average Bonchev–Trinajstić information content (AvgIpc) is 2.62. The van der Waals surface area contributed by atoms with Gasteiger partial charge in [-0.25, -0.2) is 0 Å². The predicted molar refractivity (Wildman–Crippen MR) is 74.5 cm³/mol. The molecule has 0 radical (unpaired) electrons. The van der Waals surface area contributed by atoms with Crippen molar-refractivity contribution in [3.05, 3.63) is 23.8 Å². The van der Waals surface area contributed by atoms with Crippen molar-refractivity contribution in [1.82, 2.24) is 0 Å². The number of ether oxygens (including phenoxy) is 2. The summed E-state index contributed by atoms with van der Waals surface area (Å²) in [6.45, 7) is 5.84. The van der Waals surface area contributed by atoms with Gasteiger partial charge in [0.25, 0.3) is 5.91 Å². The molecule has 1 heterocycles. The number of hydrogen-bond acceptors (Lipinski definition) is 4. The van der Waals surface area contributed by atoms with E-state index in [0.29, 0.717) is 17.0 Å². The maximum Gasteiger partial charge on any atom is 0.307 e. The summed E-state index contributed by atoms with van der Waals surface area (Å²) >= 11 is 0. The highest BCUT2D eigenvalue weighted by atomic mass is 16.5. The van der Waals surface area contributed by atoms with Crippen molar-refractivity contribution in [3.63, 3.8) is 0 Å². The van der Waals surface area contributed by atoms with Crippen LogP contribution in [0.5, 0.6) is 5.75 Å². The van der Waals surface area contributed by atoms with E-state index in [1.807, 2.05) is 20.8 Å². The van der Waals surface area contributed by atoms with E-state index in [9.17, 15) is 9.59 Å². The van der Waals surface area contributed by atoms with Crippen LogP contribution in [0.25, 0.3) is 0 Å². The lowest BCUT2D eigenvalue weighted by Crippen LogP contribution is -2.22. The molecular formula is C15H19NO4. The van der Waals surface area contributed by atoms with Crippen molar-refractivity contribution in [3.8, 4) is 5.75 Å². The summed E-state index contributed by atoms with van der Waals surface area (Å²) < 4.78 is 10.4. The molecule has 1 N–H and O–H groups in total. The van der Waals surface area contributed by atoms with E-state index in [4.69, 9.17) is 9.47 Å². The SMILES string of the molecule is COc1ccc2c(c1)NC(=O)[C@@H]2OC(=O)CC(C)(C)C. The molecule has 1 aliphatic heterocycles. The number of esters is 1. The van der Waals surface area contributed by atoms with Crippen molar-refractivity contribution < 1.29 is 19.1 Å². The first-order valence-corrected chi connectivity index (χ1v) is 6.48. The smallest absolute Gasteiger partial charge is 0.307 e. The van der Waals surface area contributed by atoms with Crippen LogP contribution in [0.3, 0.4) is 0 Å². The van der Waals surface area contributed by atoms with Gasteiger partial charge < -0.3 is 14.8 Å². The highest BCUT2D eigenvalue weighted by Gasteiger charge is 2.34. The highest BCUT2D eigenvalue weighted by molar-refractivity contribution is 6.03. The fourth-order valence-corrected chi connectivity index (χ4v) is 2.06. The second kappa shape index (κ2) is 5.15. The fraction of sp³-hybridized carbons (Fsp3) is 0.467. The van der Waals surface area contributed by atoms with Crippen LogP contribution in [0.15, 0.2) is 18.2 Å². The number of hydrogen-bond donors (Lipinski definition) is 1. The molecule has 5 heteroatoms. The maximum atomic E-state index is 11.9. The Kier molecular flexibility index (Phi) is 3.70. The van der Waals surface area contributed by atoms with E-state index in [0.717, 1.165) is 0 Å². The van der Waals surface area contributed by atoms with Crippen LogP contribution in [0, 0.1) is 5.41 Å². The fourth-order valence-electron chi connectivity index (χ4n) is 2.06. The molecule has 20 heavy (non-hydrogen) atoms. The number of methoxy groups -OCH3 is 1. The summed E-state index contributed by atoms with van der Waals surface area (Å²) in [6.07, 6.45) is -0.604. The minimum Gasteiger partial charge on any atom is -0.497 e. The molecule has 0 bridgehead atoms. The summed E-state index contributed by atoms with van der Waals surface area (Å²) in [5.74, 6) is -0.0532. The lowest BCUT2D eigenvalue weighted by Gasteiger charge is -2.18. The molecule has 0 saturated carbocycles. The molecule has 5 nitrogen and oxygen atoms in total. The van der Waals surface area contributed by atoms with E-state index in [1.54, 1.807) is 25.3 Å². The topological polar surface area (TPSA) is 64.6 Å². The Labute approximate surface area is 118 Å². The number of carbonyl (C=O) groups is 2. The zero-order chi connectivity index (χ0) is 14.9. The number of benzene rings is 1. The van der Waals surface area contributed by atoms with E-state index in [-0.39, 0.29) is 23.7 Å². The highest BCUT2D eigenvalue weighted by Crippen LogP contribution is 2.36. The Bertz CT molecular complexity index is 545. The Morgan fingerprint density at radius 3 is 2.65 bits per heavy atom. The van der Waals surface area contributed by atoms with E-state index >= 15 is 0 Å². The third kappa shape index (κ3) is 3.10. The molecule has 108 valence electrons. The number of nitrogens with one attached hydrogen (secondary N) is 1. The van der Waals surface area contributed by atoms with Crippen molar-refractivity contribution in [1.29, 1.82) is 0 Å². The van der Waals surface area contributed by atoms with Crippen molar-refractivity contribution in [2.45, 2.75) is 33.3 Å². The zero-order valence-electron chi connectivity index (χ0n) is 12.1. The van der Waals surface area contributed by atoms with Gasteiger partial charge in [-0.2, -0.15) is 0 Å². The number of amides is 1. The third-order valence-electron chi connectivity index (χ3n) is 2.96. The molecule has 0 aromatic heterocycles. The summed E-state index contributed by atoms with van der Waals surface area (Å²) in [5, 5.41) is 2.69. The minimum absolute atomic E-state index is 0.172. The largest absolute Gasteiger partial charge is 0.497 e. The van der Waals surface area contributed by atoms with Crippen LogP contribution in [-0.2, 0) is 14.3 Å². The molecular weight excluding hydrogens is 258 g/mol. The summed E-state index contributed by atoms with van der Waals surface area (Å²) in [6, 6.07) is 5.19. The Morgan fingerprint density at radius 2 is 2.05 bits per heavy atom. The summed E-state index contributed by atoms with van der Waals surface area (Å²) in [4.78, 5) is 23.8. The van der Waals surface area contributed by atoms with Crippen LogP contribution < -0.4 is 10.1 Å². The van der Waals surface area contributed by atoms with Gasteiger partial charge in [0.1, 0.15) is 5.75 Å². The number of rotatable bonds is 3. The first-order valence-electron chi connectivity index (χ1n) is 6.48. The Hall–Kier alpha value is -2.04. The normalized spacial score (nSPS) is 17.4. The van der Waals surface area contributed by atoms with Gasteiger partial charge in [0.2, 0.25) is 6.10 Å². The molecule has 1 amide bonds. The van der Waals surface area contributed by atoms with Crippen LogP contribution in [0.1, 0.15) is 38.9 Å². The molecule has 0 saturated heterocycles. The van der Waals surface area contributed by atoms with Crippen LogP contribution in [0.4, 0.5) is 5.69 Å². The molecule has 0 fully saturated rings. The van der Waals surface area contributed by atoms with Crippen molar-refractivity contribution in [2.75, 3.05) is 12.4 Å². The van der Waals surface area contributed by atoms with Gasteiger partial charge in [0.15, 0.2) is 0 Å². The average molecular weight is 277 g/mol.